The molecule has 1 aliphatic heterocycles. The standard InChI is InChI=1S/C19H20N2/c1-21-19(15-9-3-2-4-10-15)17-13-7-11-14-8-5-6-12-16(14)18(17)20-21/h2-6,8-10,12,17,19H,7,11,13H2,1H3/t17?,19-/m1/s1. The summed E-state index contributed by atoms with van der Waals surface area (Å²) in [5.41, 5.74) is 5.49. The van der Waals surface area contributed by atoms with Gasteiger partial charge in [0.25, 0.3) is 0 Å². The SMILES string of the molecule is CN1N=C2c3ccccc3CCCC2[C@H]1c1ccccc1. The van der Waals surface area contributed by atoms with Crippen LogP contribution >= 0.6 is 0 Å². The number of hydrazone groups is 1. The van der Waals surface area contributed by atoms with Gasteiger partial charge in [-0.2, -0.15) is 5.10 Å². The summed E-state index contributed by atoms with van der Waals surface area (Å²) in [6.07, 6.45) is 3.65. The van der Waals surface area contributed by atoms with E-state index in [1.165, 1.54) is 41.7 Å². The van der Waals surface area contributed by atoms with E-state index in [0.29, 0.717) is 12.0 Å². The fourth-order valence-electron chi connectivity index (χ4n) is 3.86. The maximum Gasteiger partial charge on any atom is 0.0801 e. The van der Waals surface area contributed by atoms with Crippen molar-refractivity contribution in [2.24, 2.45) is 11.0 Å². The summed E-state index contributed by atoms with van der Waals surface area (Å²) in [4.78, 5) is 0. The van der Waals surface area contributed by atoms with Crippen LogP contribution in [0.3, 0.4) is 0 Å². The van der Waals surface area contributed by atoms with Crippen LogP contribution in [0, 0.1) is 5.92 Å². The summed E-state index contributed by atoms with van der Waals surface area (Å²) in [5, 5.41) is 7.08. The lowest BCUT2D eigenvalue weighted by atomic mass is 9.85. The van der Waals surface area contributed by atoms with Gasteiger partial charge in [0.2, 0.25) is 0 Å². The van der Waals surface area contributed by atoms with Crippen LogP contribution in [0.5, 0.6) is 0 Å². The van der Waals surface area contributed by atoms with Crippen LogP contribution in [0.25, 0.3) is 0 Å². The van der Waals surface area contributed by atoms with Crippen LogP contribution in [0.15, 0.2) is 59.7 Å². The Morgan fingerprint density at radius 3 is 2.62 bits per heavy atom. The minimum atomic E-state index is 0.382. The first-order valence-electron chi connectivity index (χ1n) is 7.79. The highest BCUT2D eigenvalue weighted by atomic mass is 15.5. The first-order valence-corrected chi connectivity index (χ1v) is 7.79. The van der Waals surface area contributed by atoms with Crippen molar-refractivity contribution in [1.29, 1.82) is 0 Å². The molecule has 0 radical (unpaired) electrons. The fraction of sp³-hybridized carbons (Fsp3) is 0.316. The van der Waals surface area contributed by atoms with Crippen LogP contribution in [-0.2, 0) is 6.42 Å². The molecule has 2 heteroatoms. The second kappa shape index (κ2) is 5.03. The maximum absolute atomic E-state index is 4.92. The normalized spacial score (nSPS) is 24.0. The third-order valence-corrected chi connectivity index (χ3v) is 4.80. The largest absolute Gasteiger partial charge is 0.292 e. The third-order valence-electron chi connectivity index (χ3n) is 4.80. The van der Waals surface area contributed by atoms with Gasteiger partial charge < -0.3 is 0 Å². The predicted octanol–water partition coefficient (Wildman–Crippen LogP) is 4.03. The van der Waals surface area contributed by atoms with Gasteiger partial charge in [0.15, 0.2) is 0 Å². The van der Waals surface area contributed by atoms with E-state index >= 15 is 0 Å². The monoisotopic (exact) mass is 276 g/mol. The van der Waals surface area contributed by atoms with Crippen LogP contribution in [0.1, 0.15) is 35.6 Å². The topological polar surface area (TPSA) is 15.6 Å². The Morgan fingerprint density at radius 2 is 1.76 bits per heavy atom. The number of hydrogen-bond acceptors (Lipinski definition) is 2. The Morgan fingerprint density at radius 1 is 1.00 bits per heavy atom. The maximum atomic E-state index is 4.92. The summed E-state index contributed by atoms with van der Waals surface area (Å²) in [5.74, 6) is 0.515. The van der Waals surface area contributed by atoms with Crippen molar-refractivity contribution < 1.29 is 0 Å². The van der Waals surface area contributed by atoms with Gasteiger partial charge in [0.1, 0.15) is 0 Å². The zero-order valence-corrected chi connectivity index (χ0v) is 12.4. The molecule has 0 saturated heterocycles. The summed E-state index contributed by atoms with van der Waals surface area (Å²) < 4.78 is 0. The molecule has 1 heterocycles. The van der Waals surface area contributed by atoms with Crippen LogP contribution in [0.2, 0.25) is 0 Å². The average molecular weight is 276 g/mol. The zero-order chi connectivity index (χ0) is 14.2. The Kier molecular flexibility index (Phi) is 3.03. The Bertz CT molecular complexity index is 675. The van der Waals surface area contributed by atoms with Gasteiger partial charge in [0, 0.05) is 18.5 Å². The Labute approximate surface area is 126 Å². The fourth-order valence-corrected chi connectivity index (χ4v) is 3.86. The van der Waals surface area contributed by atoms with Crippen molar-refractivity contribution in [1.82, 2.24) is 5.01 Å². The first kappa shape index (κ1) is 12.6. The Hall–Kier alpha value is -2.09. The summed E-state index contributed by atoms with van der Waals surface area (Å²) in [6, 6.07) is 20.0. The van der Waals surface area contributed by atoms with Crippen molar-refractivity contribution in [3.8, 4) is 0 Å². The lowest BCUT2D eigenvalue weighted by molar-refractivity contribution is 0.243. The zero-order valence-electron chi connectivity index (χ0n) is 12.4. The molecule has 2 aromatic rings. The van der Waals surface area contributed by atoms with Crippen molar-refractivity contribution in [2.75, 3.05) is 7.05 Å². The third kappa shape index (κ3) is 2.06. The second-order valence-corrected chi connectivity index (χ2v) is 6.07. The van der Waals surface area contributed by atoms with E-state index in [-0.39, 0.29) is 0 Å². The quantitative estimate of drug-likeness (QED) is 0.768. The van der Waals surface area contributed by atoms with E-state index in [0.717, 1.165) is 0 Å². The minimum Gasteiger partial charge on any atom is -0.292 e. The van der Waals surface area contributed by atoms with Gasteiger partial charge in [-0.25, -0.2) is 0 Å². The molecule has 0 amide bonds. The van der Waals surface area contributed by atoms with Crippen LogP contribution in [0.4, 0.5) is 0 Å². The molecule has 0 bridgehead atoms. The predicted molar refractivity (Wildman–Crippen MR) is 86.4 cm³/mol. The molecule has 1 aliphatic carbocycles. The second-order valence-electron chi connectivity index (χ2n) is 6.07. The molecule has 2 nitrogen and oxygen atoms in total. The molecule has 2 atom stereocenters. The van der Waals surface area contributed by atoms with Gasteiger partial charge in [-0.05, 0) is 30.4 Å². The van der Waals surface area contributed by atoms with E-state index in [2.05, 4.69) is 66.7 Å². The van der Waals surface area contributed by atoms with E-state index in [9.17, 15) is 0 Å². The molecule has 0 aromatic heterocycles. The lowest BCUT2D eigenvalue weighted by Gasteiger charge is -2.25. The summed E-state index contributed by atoms with van der Waals surface area (Å²) in [6.45, 7) is 0. The minimum absolute atomic E-state index is 0.382. The molecular formula is C19H20N2. The lowest BCUT2D eigenvalue weighted by Crippen LogP contribution is -2.23. The van der Waals surface area contributed by atoms with Crippen molar-refractivity contribution >= 4 is 5.71 Å². The molecule has 1 unspecified atom stereocenters. The number of rotatable bonds is 1. The molecule has 106 valence electrons. The van der Waals surface area contributed by atoms with Gasteiger partial charge in [0.05, 0.1) is 11.8 Å². The van der Waals surface area contributed by atoms with Crippen LogP contribution < -0.4 is 0 Å². The average Bonchev–Trinajstić information content (AvgIpc) is 2.74. The number of nitrogens with zero attached hydrogens (tertiary/aromatic N) is 2. The number of fused-ring (bicyclic) bond motifs is 3. The Balaban J connectivity index is 1.79. The molecule has 2 aromatic carbocycles. The molecule has 2 aliphatic rings. The molecule has 0 N–H and O–H groups in total. The van der Waals surface area contributed by atoms with Crippen molar-refractivity contribution in [3.63, 3.8) is 0 Å². The van der Waals surface area contributed by atoms with E-state index in [4.69, 9.17) is 5.10 Å². The summed E-state index contributed by atoms with van der Waals surface area (Å²) >= 11 is 0. The van der Waals surface area contributed by atoms with Crippen molar-refractivity contribution in [2.45, 2.75) is 25.3 Å². The number of hydrogen-bond donors (Lipinski definition) is 0. The van der Waals surface area contributed by atoms with Gasteiger partial charge in [-0.3, -0.25) is 5.01 Å². The van der Waals surface area contributed by atoms with Gasteiger partial charge in [-0.1, -0.05) is 54.6 Å². The first-order chi connectivity index (χ1) is 10.3. The number of aryl methyl sites for hydroxylation is 1. The van der Waals surface area contributed by atoms with Gasteiger partial charge in [-0.15, -0.1) is 0 Å². The highest BCUT2D eigenvalue weighted by Crippen LogP contribution is 2.41. The van der Waals surface area contributed by atoms with E-state index in [1.807, 2.05) is 0 Å². The van der Waals surface area contributed by atoms with Crippen molar-refractivity contribution in [3.05, 3.63) is 71.3 Å². The molecule has 0 saturated carbocycles. The smallest absolute Gasteiger partial charge is 0.0801 e. The van der Waals surface area contributed by atoms with Crippen LogP contribution in [-0.4, -0.2) is 17.8 Å². The van der Waals surface area contributed by atoms with E-state index in [1.54, 1.807) is 0 Å². The molecule has 0 spiro atoms. The summed E-state index contributed by atoms with van der Waals surface area (Å²) in [7, 11) is 2.11. The highest BCUT2D eigenvalue weighted by molar-refractivity contribution is 6.05. The molecule has 0 fully saturated rings. The van der Waals surface area contributed by atoms with Gasteiger partial charge >= 0.3 is 0 Å². The van der Waals surface area contributed by atoms with E-state index < -0.39 is 0 Å². The molecule has 21 heavy (non-hydrogen) atoms. The number of benzene rings is 2. The highest BCUT2D eigenvalue weighted by Gasteiger charge is 2.38. The molecule has 4 rings (SSSR count). The molecular weight excluding hydrogens is 256 g/mol.